The molecule has 0 aromatic carbocycles. The second-order valence-electron chi connectivity index (χ2n) is 2.44. The summed E-state index contributed by atoms with van der Waals surface area (Å²) in [5.41, 5.74) is 0. The SMILES string of the molecule is NN1[CH]CN(CCO)CC1. The summed E-state index contributed by atoms with van der Waals surface area (Å²) in [5.74, 6) is 5.48. The van der Waals surface area contributed by atoms with Gasteiger partial charge in [-0.1, -0.05) is 0 Å². The molecule has 1 aliphatic rings. The van der Waals surface area contributed by atoms with Crippen molar-refractivity contribution in [3.8, 4) is 0 Å². The fraction of sp³-hybridized carbons (Fsp3) is 0.833. The first-order valence-electron chi connectivity index (χ1n) is 3.51. The Bertz CT molecular complexity index is 91.0. The number of hydrogen-bond donors (Lipinski definition) is 2. The van der Waals surface area contributed by atoms with Crippen molar-refractivity contribution in [3.63, 3.8) is 0 Å². The molecule has 0 aromatic heterocycles. The first kappa shape index (κ1) is 7.94. The summed E-state index contributed by atoms with van der Waals surface area (Å²) in [6.07, 6.45) is 0. The second-order valence-corrected chi connectivity index (χ2v) is 2.44. The molecule has 0 aliphatic carbocycles. The molecular weight excluding hydrogens is 130 g/mol. The summed E-state index contributed by atoms with van der Waals surface area (Å²) in [6, 6.07) is 0. The summed E-state index contributed by atoms with van der Waals surface area (Å²) in [6.45, 7) is 5.59. The average Bonchev–Trinajstić information content (AvgIpc) is 1.95. The van der Waals surface area contributed by atoms with Gasteiger partial charge in [0.1, 0.15) is 0 Å². The van der Waals surface area contributed by atoms with E-state index in [9.17, 15) is 0 Å². The molecule has 59 valence electrons. The van der Waals surface area contributed by atoms with Crippen molar-refractivity contribution in [2.75, 3.05) is 32.8 Å². The lowest BCUT2D eigenvalue weighted by Crippen LogP contribution is -2.46. The predicted molar refractivity (Wildman–Crippen MR) is 38.7 cm³/mol. The van der Waals surface area contributed by atoms with Gasteiger partial charge in [0.25, 0.3) is 0 Å². The summed E-state index contributed by atoms with van der Waals surface area (Å²) >= 11 is 0. The van der Waals surface area contributed by atoms with E-state index in [1.54, 1.807) is 5.01 Å². The molecule has 1 fully saturated rings. The van der Waals surface area contributed by atoms with Crippen LogP contribution in [0.15, 0.2) is 0 Å². The Morgan fingerprint density at radius 1 is 1.50 bits per heavy atom. The molecule has 1 saturated heterocycles. The molecule has 10 heavy (non-hydrogen) atoms. The maximum absolute atomic E-state index is 8.58. The molecule has 0 unspecified atom stereocenters. The zero-order chi connectivity index (χ0) is 7.40. The van der Waals surface area contributed by atoms with Crippen LogP contribution in [-0.2, 0) is 0 Å². The average molecular weight is 144 g/mol. The van der Waals surface area contributed by atoms with Crippen molar-refractivity contribution >= 4 is 0 Å². The van der Waals surface area contributed by atoms with Gasteiger partial charge in [-0.3, -0.25) is 10.7 Å². The van der Waals surface area contributed by atoms with Gasteiger partial charge < -0.3 is 5.11 Å². The van der Waals surface area contributed by atoms with Crippen LogP contribution in [0.25, 0.3) is 0 Å². The Labute approximate surface area is 61.2 Å². The Morgan fingerprint density at radius 3 is 2.80 bits per heavy atom. The summed E-state index contributed by atoms with van der Waals surface area (Å²) in [4.78, 5) is 2.16. The number of rotatable bonds is 2. The van der Waals surface area contributed by atoms with Gasteiger partial charge in [0.2, 0.25) is 0 Å². The van der Waals surface area contributed by atoms with E-state index in [0.717, 1.165) is 26.2 Å². The number of nitrogens with zero attached hydrogens (tertiary/aromatic N) is 2. The van der Waals surface area contributed by atoms with Crippen molar-refractivity contribution in [1.82, 2.24) is 9.91 Å². The van der Waals surface area contributed by atoms with E-state index in [2.05, 4.69) is 4.90 Å². The van der Waals surface area contributed by atoms with Crippen LogP contribution < -0.4 is 5.84 Å². The normalized spacial score (nSPS) is 23.4. The minimum Gasteiger partial charge on any atom is -0.395 e. The molecule has 1 heterocycles. The molecule has 0 bridgehead atoms. The van der Waals surface area contributed by atoms with Crippen molar-refractivity contribution in [1.29, 1.82) is 0 Å². The van der Waals surface area contributed by atoms with Gasteiger partial charge in [-0.2, -0.15) is 0 Å². The molecule has 1 aliphatic heterocycles. The van der Waals surface area contributed by atoms with Crippen molar-refractivity contribution in [2.45, 2.75) is 0 Å². The van der Waals surface area contributed by atoms with Gasteiger partial charge in [-0.25, -0.2) is 5.01 Å². The van der Waals surface area contributed by atoms with Gasteiger partial charge in [0, 0.05) is 26.2 Å². The Balaban J connectivity index is 2.13. The number of hydrazine groups is 1. The molecule has 1 radical (unpaired) electrons. The maximum atomic E-state index is 8.58. The van der Waals surface area contributed by atoms with Crippen LogP contribution in [0.5, 0.6) is 0 Å². The number of aliphatic hydroxyl groups excluding tert-OH is 1. The van der Waals surface area contributed by atoms with Crippen LogP contribution in [0.1, 0.15) is 0 Å². The zero-order valence-corrected chi connectivity index (χ0v) is 6.03. The third kappa shape index (κ3) is 2.22. The second kappa shape index (κ2) is 3.88. The van der Waals surface area contributed by atoms with E-state index in [1.165, 1.54) is 0 Å². The molecule has 0 amide bonds. The third-order valence-electron chi connectivity index (χ3n) is 1.67. The number of β-amino-alcohol motifs (C(OH)–C–C–N with tert-alkyl or cyclic N) is 1. The van der Waals surface area contributed by atoms with E-state index >= 15 is 0 Å². The maximum Gasteiger partial charge on any atom is 0.0558 e. The van der Waals surface area contributed by atoms with E-state index in [4.69, 9.17) is 10.9 Å². The molecule has 0 saturated carbocycles. The highest BCUT2D eigenvalue weighted by Crippen LogP contribution is 1.98. The van der Waals surface area contributed by atoms with Crippen molar-refractivity contribution in [2.24, 2.45) is 5.84 Å². The van der Waals surface area contributed by atoms with Crippen LogP contribution in [0.2, 0.25) is 0 Å². The first-order chi connectivity index (χ1) is 4.83. The highest BCUT2D eigenvalue weighted by molar-refractivity contribution is 4.76. The van der Waals surface area contributed by atoms with Gasteiger partial charge in [-0.05, 0) is 0 Å². The van der Waals surface area contributed by atoms with E-state index in [-0.39, 0.29) is 6.61 Å². The fourth-order valence-electron chi connectivity index (χ4n) is 1.00. The summed E-state index contributed by atoms with van der Waals surface area (Å²) in [7, 11) is 0. The lowest BCUT2D eigenvalue weighted by Gasteiger charge is -2.30. The van der Waals surface area contributed by atoms with Crippen LogP contribution in [0.4, 0.5) is 0 Å². The molecule has 3 N–H and O–H groups in total. The number of aliphatic hydroxyl groups is 1. The van der Waals surface area contributed by atoms with Crippen LogP contribution in [0, 0.1) is 6.54 Å². The predicted octanol–water partition coefficient (Wildman–Crippen LogP) is -1.37. The molecule has 1 rings (SSSR count). The van der Waals surface area contributed by atoms with E-state index in [1.807, 2.05) is 6.54 Å². The topological polar surface area (TPSA) is 52.7 Å². The van der Waals surface area contributed by atoms with Crippen LogP contribution in [0.3, 0.4) is 0 Å². The first-order valence-corrected chi connectivity index (χ1v) is 3.51. The molecular formula is C6H14N3O. The highest BCUT2D eigenvalue weighted by Gasteiger charge is 2.12. The largest absolute Gasteiger partial charge is 0.395 e. The van der Waals surface area contributed by atoms with Crippen molar-refractivity contribution < 1.29 is 5.11 Å². The Morgan fingerprint density at radius 2 is 2.30 bits per heavy atom. The van der Waals surface area contributed by atoms with Gasteiger partial charge in [-0.15, -0.1) is 0 Å². The summed E-state index contributed by atoms with van der Waals surface area (Å²) in [5, 5.41) is 10.3. The number of piperazine rings is 1. The summed E-state index contributed by atoms with van der Waals surface area (Å²) < 4.78 is 0. The van der Waals surface area contributed by atoms with Crippen molar-refractivity contribution in [3.05, 3.63) is 6.54 Å². The van der Waals surface area contributed by atoms with Crippen LogP contribution >= 0.6 is 0 Å². The number of nitrogens with two attached hydrogens (primary N) is 1. The van der Waals surface area contributed by atoms with E-state index in [0.29, 0.717) is 0 Å². The smallest absolute Gasteiger partial charge is 0.0558 e. The van der Waals surface area contributed by atoms with Gasteiger partial charge in [0.05, 0.1) is 13.2 Å². The number of hydrogen-bond acceptors (Lipinski definition) is 4. The van der Waals surface area contributed by atoms with E-state index < -0.39 is 0 Å². The monoisotopic (exact) mass is 144 g/mol. The Kier molecular flexibility index (Phi) is 3.08. The van der Waals surface area contributed by atoms with Gasteiger partial charge >= 0.3 is 0 Å². The fourth-order valence-corrected chi connectivity index (χ4v) is 1.00. The highest BCUT2D eigenvalue weighted by atomic mass is 16.3. The lowest BCUT2D eigenvalue weighted by atomic mass is 10.3. The molecule has 4 heteroatoms. The zero-order valence-electron chi connectivity index (χ0n) is 6.03. The Hall–Kier alpha value is -0.160. The molecule has 0 spiro atoms. The molecule has 0 atom stereocenters. The van der Waals surface area contributed by atoms with Crippen LogP contribution in [-0.4, -0.2) is 47.8 Å². The minimum absolute atomic E-state index is 0.235. The molecule has 4 nitrogen and oxygen atoms in total. The molecule has 0 aromatic rings. The minimum atomic E-state index is 0.235. The quantitative estimate of drug-likeness (QED) is 0.470. The third-order valence-corrected chi connectivity index (χ3v) is 1.67. The van der Waals surface area contributed by atoms with Gasteiger partial charge in [0.15, 0.2) is 0 Å². The lowest BCUT2D eigenvalue weighted by molar-refractivity contribution is 0.142. The standard InChI is InChI=1S/C6H14N3O/c7-9-3-1-8(2-4-9)5-6-10/h3,10H,1-2,4-7H2.